The lowest BCUT2D eigenvalue weighted by Crippen LogP contribution is -2.40. The minimum atomic E-state index is -0.478. The number of aliphatic imine (C=N–C) groups is 1. The van der Waals surface area contributed by atoms with E-state index in [1.807, 2.05) is 12.1 Å². The Balaban J connectivity index is 0.00000133. The maximum Gasteiger partial charge on any atom is 0.249 e. The van der Waals surface area contributed by atoms with E-state index >= 15 is 0 Å². The molecule has 19 heavy (non-hydrogen) atoms. The topological polar surface area (TPSA) is 87.8 Å². The Bertz CT molecular complexity index is 573. The van der Waals surface area contributed by atoms with Gasteiger partial charge in [0.15, 0.2) is 0 Å². The third kappa shape index (κ3) is 2.26. The van der Waals surface area contributed by atoms with E-state index in [1.54, 1.807) is 17.3 Å². The summed E-state index contributed by atoms with van der Waals surface area (Å²) in [5.41, 5.74) is 8.26. The lowest BCUT2D eigenvalue weighted by Gasteiger charge is -2.28. The first-order chi connectivity index (χ1) is 8.65. The number of hydrogen-bond acceptors (Lipinski definition) is 5. The second kappa shape index (κ2) is 4.89. The molecule has 1 atom stereocenters. The van der Waals surface area contributed by atoms with Crippen molar-refractivity contribution in [2.24, 2.45) is 4.99 Å². The lowest BCUT2D eigenvalue weighted by molar-refractivity contribution is -0.125. The number of nitrogens with one attached hydrogen (secondary N) is 1. The van der Waals surface area contributed by atoms with E-state index in [0.717, 1.165) is 11.3 Å². The normalized spacial score (nSPS) is 20.8. The molecular weight excluding hydrogens is 268 g/mol. The van der Waals surface area contributed by atoms with Crippen LogP contribution in [0.5, 0.6) is 0 Å². The third-order valence-electron chi connectivity index (χ3n) is 3.22. The number of rotatable bonds is 1. The van der Waals surface area contributed by atoms with E-state index in [4.69, 9.17) is 5.73 Å². The second-order valence-electron chi connectivity index (χ2n) is 4.39. The zero-order valence-electron chi connectivity index (χ0n) is 10.00. The van der Waals surface area contributed by atoms with Crippen molar-refractivity contribution >= 4 is 41.9 Å². The van der Waals surface area contributed by atoms with Gasteiger partial charge < -0.3 is 10.6 Å². The zero-order valence-corrected chi connectivity index (χ0v) is 10.8. The van der Waals surface area contributed by atoms with Crippen molar-refractivity contribution in [3.05, 3.63) is 23.8 Å². The highest BCUT2D eigenvalue weighted by atomic mass is 35.5. The molecule has 3 rings (SSSR count). The molecule has 3 N–H and O–H groups in total. The van der Waals surface area contributed by atoms with Crippen LogP contribution in [0.2, 0.25) is 0 Å². The number of amides is 2. The Morgan fingerprint density at radius 3 is 2.84 bits per heavy atom. The van der Waals surface area contributed by atoms with Gasteiger partial charge in [-0.2, -0.15) is 0 Å². The van der Waals surface area contributed by atoms with E-state index in [1.165, 1.54) is 0 Å². The number of halogens is 1. The van der Waals surface area contributed by atoms with Crippen LogP contribution in [-0.4, -0.2) is 29.1 Å². The number of anilines is 1. The fraction of sp³-hybridized carbons (Fsp3) is 0.250. The summed E-state index contributed by atoms with van der Waals surface area (Å²) >= 11 is 0. The lowest BCUT2D eigenvalue weighted by atomic mass is 10.1. The highest BCUT2D eigenvalue weighted by Gasteiger charge is 2.35. The minimum absolute atomic E-state index is 0. The van der Waals surface area contributed by atoms with Crippen LogP contribution in [0.1, 0.15) is 12.0 Å². The monoisotopic (exact) mass is 280 g/mol. The van der Waals surface area contributed by atoms with Crippen molar-refractivity contribution in [2.75, 3.05) is 5.73 Å². The molecule has 0 bridgehead atoms. The quantitative estimate of drug-likeness (QED) is 0.582. The van der Waals surface area contributed by atoms with Gasteiger partial charge in [0.1, 0.15) is 6.04 Å². The van der Waals surface area contributed by atoms with Crippen LogP contribution in [-0.2, 0) is 16.1 Å². The first-order valence-corrected chi connectivity index (χ1v) is 5.66. The number of carbonyl (C=O) groups excluding carboxylic acids is 2. The Morgan fingerprint density at radius 1 is 1.37 bits per heavy atom. The molecule has 1 fully saturated rings. The van der Waals surface area contributed by atoms with Gasteiger partial charge in [0.05, 0.1) is 18.4 Å². The smallest absolute Gasteiger partial charge is 0.249 e. The number of imide groups is 1. The minimum Gasteiger partial charge on any atom is -0.398 e. The second-order valence-corrected chi connectivity index (χ2v) is 4.39. The maximum absolute atomic E-state index is 11.6. The van der Waals surface area contributed by atoms with Crippen LogP contribution in [0.25, 0.3) is 0 Å². The standard InChI is InChI=1S/C12H12N4O2.ClH/c13-8-2-1-3-9-7(8)5-16(6-14-9)10-4-11(17)15-12(10)18;/h1-3,6,10H,4-5,13H2,(H,15,17,18);1H. The number of benzene rings is 1. The fourth-order valence-electron chi connectivity index (χ4n) is 2.24. The number of nitrogens with two attached hydrogens (primary N) is 1. The van der Waals surface area contributed by atoms with E-state index in [-0.39, 0.29) is 30.6 Å². The summed E-state index contributed by atoms with van der Waals surface area (Å²) in [6, 6.07) is 5.04. The highest BCUT2D eigenvalue weighted by Crippen LogP contribution is 2.30. The average molecular weight is 281 g/mol. The largest absolute Gasteiger partial charge is 0.398 e. The molecule has 0 aliphatic carbocycles. The van der Waals surface area contributed by atoms with Crippen molar-refractivity contribution < 1.29 is 9.59 Å². The summed E-state index contributed by atoms with van der Waals surface area (Å²) in [6.45, 7) is 0.497. The Kier molecular flexibility index (Phi) is 3.44. The highest BCUT2D eigenvalue weighted by molar-refractivity contribution is 6.06. The summed E-state index contributed by atoms with van der Waals surface area (Å²) in [7, 11) is 0. The van der Waals surface area contributed by atoms with Gasteiger partial charge in [0, 0.05) is 17.8 Å². The van der Waals surface area contributed by atoms with Gasteiger partial charge in [-0.05, 0) is 12.1 Å². The van der Waals surface area contributed by atoms with Gasteiger partial charge in [-0.1, -0.05) is 6.07 Å². The average Bonchev–Trinajstić information content (AvgIpc) is 2.69. The molecule has 1 saturated heterocycles. The molecule has 0 saturated carbocycles. The number of nitrogen functional groups attached to an aromatic ring is 1. The molecule has 6 nitrogen and oxygen atoms in total. The molecule has 0 radical (unpaired) electrons. The van der Waals surface area contributed by atoms with E-state index in [9.17, 15) is 9.59 Å². The van der Waals surface area contributed by atoms with Crippen molar-refractivity contribution in [1.82, 2.24) is 10.2 Å². The molecule has 0 aromatic heterocycles. The first-order valence-electron chi connectivity index (χ1n) is 5.66. The number of fused-ring (bicyclic) bond motifs is 1. The van der Waals surface area contributed by atoms with Gasteiger partial charge in [-0.3, -0.25) is 14.9 Å². The SMILES string of the molecule is Cl.Nc1cccc2c1CN(C1CC(=O)NC1=O)C=N2. The molecule has 2 aliphatic heterocycles. The molecular formula is C12H13ClN4O2. The molecule has 1 aromatic carbocycles. The van der Waals surface area contributed by atoms with Gasteiger partial charge in [0.2, 0.25) is 11.8 Å². The predicted octanol–water partition coefficient (Wildman–Crippen LogP) is 0.581. The summed E-state index contributed by atoms with van der Waals surface area (Å²) in [5, 5.41) is 2.29. The van der Waals surface area contributed by atoms with Crippen LogP contribution < -0.4 is 11.1 Å². The van der Waals surface area contributed by atoms with E-state index in [2.05, 4.69) is 10.3 Å². The molecule has 1 aromatic rings. The Hall–Kier alpha value is -2.08. The molecule has 100 valence electrons. The fourth-order valence-corrected chi connectivity index (χ4v) is 2.24. The Labute approximate surface area is 116 Å². The summed E-state index contributed by atoms with van der Waals surface area (Å²) < 4.78 is 0. The first kappa shape index (κ1) is 13.4. The predicted molar refractivity (Wildman–Crippen MR) is 73.4 cm³/mol. The summed E-state index contributed by atoms with van der Waals surface area (Å²) in [4.78, 5) is 28.8. The molecule has 2 aliphatic rings. The van der Waals surface area contributed by atoms with Gasteiger partial charge in [-0.15, -0.1) is 12.4 Å². The van der Waals surface area contributed by atoms with Gasteiger partial charge in [-0.25, -0.2) is 4.99 Å². The van der Waals surface area contributed by atoms with E-state index < -0.39 is 6.04 Å². The summed E-state index contributed by atoms with van der Waals surface area (Å²) in [5.74, 6) is -0.519. The molecule has 2 heterocycles. The van der Waals surface area contributed by atoms with Gasteiger partial charge >= 0.3 is 0 Å². The van der Waals surface area contributed by atoms with Crippen molar-refractivity contribution in [3.8, 4) is 0 Å². The van der Waals surface area contributed by atoms with Crippen molar-refractivity contribution in [1.29, 1.82) is 0 Å². The number of nitrogens with zero attached hydrogens (tertiary/aromatic N) is 2. The molecule has 0 spiro atoms. The van der Waals surface area contributed by atoms with Crippen LogP contribution in [0.4, 0.5) is 11.4 Å². The molecule has 1 unspecified atom stereocenters. The van der Waals surface area contributed by atoms with Crippen LogP contribution >= 0.6 is 12.4 Å². The molecule has 7 heteroatoms. The maximum atomic E-state index is 11.6. The van der Waals surface area contributed by atoms with Crippen molar-refractivity contribution in [2.45, 2.75) is 19.0 Å². The van der Waals surface area contributed by atoms with E-state index in [0.29, 0.717) is 12.2 Å². The Morgan fingerprint density at radius 2 is 2.16 bits per heavy atom. The number of hydrogen-bond donors (Lipinski definition) is 2. The summed E-state index contributed by atoms with van der Waals surface area (Å²) in [6.07, 6.45) is 1.78. The van der Waals surface area contributed by atoms with Gasteiger partial charge in [0.25, 0.3) is 0 Å². The third-order valence-corrected chi connectivity index (χ3v) is 3.22. The van der Waals surface area contributed by atoms with Crippen LogP contribution in [0, 0.1) is 0 Å². The van der Waals surface area contributed by atoms with Crippen molar-refractivity contribution in [3.63, 3.8) is 0 Å². The zero-order chi connectivity index (χ0) is 12.7. The number of carbonyl (C=O) groups is 2. The molecule has 2 amide bonds. The van der Waals surface area contributed by atoms with Crippen LogP contribution in [0.3, 0.4) is 0 Å². The van der Waals surface area contributed by atoms with Crippen LogP contribution in [0.15, 0.2) is 23.2 Å².